The molecule has 0 spiro atoms. The lowest BCUT2D eigenvalue weighted by Crippen LogP contribution is -2.26. The molecule has 0 aliphatic carbocycles. The third-order valence-electron chi connectivity index (χ3n) is 3.61. The molecule has 12 nitrogen and oxygen atoms in total. The lowest BCUT2D eigenvalue weighted by atomic mass is 10.2. The summed E-state index contributed by atoms with van der Waals surface area (Å²) in [4.78, 5) is 21.3. The molecule has 1 unspecified atom stereocenters. The molecule has 0 amide bonds. The molecule has 0 bridgehead atoms. The number of imidazole rings is 1. The first-order valence-electron chi connectivity index (χ1n) is 6.93. The van der Waals surface area contributed by atoms with Gasteiger partial charge in [-0.3, -0.25) is 13.6 Å². The Morgan fingerprint density at radius 2 is 2.25 bits per heavy atom. The highest BCUT2D eigenvalue weighted by Gasteiger charge is 2.37. The maximum Gasteiger partial charge on any atom is 0.472 e. The van der Waals surface area contributed by atoms with Crippen molar-refractivity contribution < 1.29 is 28.3 Å². The summed E-state index contributed by atoms with van der Waals surface area (Å²) < 4.78 is 27.6. The van der Waals surface area contributed by atoms with Gasteiger partial charge in [-0.05, 0) is 0 Å². The van der Waals surface area contributed by atoms with Gasteiger partial charge < -0.3 is 26.2 Å². The fourth-order valence-corrected chi connectivity index (χ4v) is 2.86. The van der Waals surface area contributed by atoms with Crippen molar-refractivity contribution in [3.05, 3.63) is 6.33 Å². The second kappa shape index (κ2) is 6.24. The smallest absolute Gasteiger partial charge is 0.390 e. The summed E-state index contributed by atoms with van der Waals surface area (Å²) in [6.07, 6.45) is -0.707. The van der Waals surface area contributed by atoms with Crippen LogP contribution in [0.2, 0.25) is 0 Å². The van der Waals surface area contributed by atoms with Crippen LogP contribution >= 0.6 is 7.82 Å². The van der Waals surface area contributed by atoms with E-state index in [1.807, 2.05) is 0 Å². The van der Waals surface area contributed by atoms with Crippen LogP contribution in [-0.4, -0.2) is 55.4 Å². The molecular weight excluding hydrogens is 343 g/mol. The molecule has 2 aromatic heterocycles. The number of aliphatic hydroxyl groups excluding tert-OH is 1. The van der Waals surface area contributed by atoms with Gasteiger partial charge in [-0.25, -0.2) is 9.55 Å². The first-order chi connectivity index (χ1) is 11.3. The standard InChI is InChI=1S/C11H17N6O6P/c1-21-24(19,20)22-3-6-5(18)2-7(23-6)17-4-14-8-9(12)15-11(13)16-10(8)17/h4-7,18H,2-3H2,1H3,(H,19,20)(H4,12,13,15,16)/t5-,6-,7-/m1/s1. The van der Waals surface area contributed by atoms with E-state index >= 15 is 0 Å². The first kappa shape index (κ1) is 17.0. The number of phosphoric acid groups is 1. The van der Waals surface area contributed by atoms with E-state index in [0.29, 0.717) is 11.2 Å². The van der Waals surface area contributed by atoms with Crippen molar-refractivity contribution in [3.8, 4) is 0 Å². The average Bonchev–Trinajstić information content (AvgIpc) is 3.09. The predicted molar refractivity (Wildman–Crippen MR) is 81.5 cm³/mol. The lowest BCUT2D eigenvalue weighted by Gasteiger charge is -2.17. The minimum atomic E-state index is -4.15. The van der Waals surface area contributed by atoms with E-state index in [2.05, 4.69) is 19.5 Å². The van der Waals surface area contributed by atoms with Crippen molar-refractivity contribution in [1.82, 2.24) is 19.5 Å². The van der Waals surface area contributed by atoms with Crippen LogP contribution in [0, 0.1) is 0 Å². The molecule has 1 fully saturated rings. The van der Waals surface area contributed by atoms with E-state index in [9.17, 15) is 14.6 Å². The highest BCUT2D eigenvalue weighted by Crippen LogP contribution is 2.43. The summed E-state index contributed by atoms with van der Waals surface area (Å²) in [6.45, 7) is -0.314. The fourth-order valence-electron chi connectivity index (χ4n) is 2.42. The molecule has 6 N–H and O–H groups in total. The van der Waals surface area contributed by atoms with E-state index < -0.39 is 26.3 Å². The topological polar surface area (TPSA) is 181 Å². The molecule has 1 saturated heterocycles. The quantitative estimate of drug-likeness (QED) is 0.500. The molecule has 0 saturated carbocycles. The number of nitrogens with zero attached hydrogens (tertiary/aromatic N) is 4. The van der Waals surface area contributed by atoms with Crippen LogP contribution < -0.4 is 11.5 Å². The van der Waals surface area contributed by atoms with Crippen molar-refractivity contribution in [1.29, 1.82) is 0 Å². The molecule has 24 heavy (non-hydrogen) atoms. The molecule has 1 aliphatic heterocycles. The Kier molecular flexibility index (Phi) is 4.42. The Balaban J connectivity index is 1.79. The van der Waals surface area contributed by atoms with Gasteiger partial charge >= 0.3 is 7.82 Å². The molecule has 0 aromatic carbocycles. The van der Waals surface area contributed by atoms with Crippen molar-refractivity contribution in [2.75, 3.05) is 25.2 Å². The molecule has 132 valence electrons. The van der Waals surface area contributed by atoms with Crippen molar-refractivity contribution in [3.63, 3.8) is 0 Å². The fraction of sp³-hybridized carbons (Fsp3) is 0.545. The van der Waals surface area contributed by atoms with Gasteiger partial charge in [0.1, 0.15) is 17.8 Å². The summed E-state index contributed by atoms with van der Waals surface area (Å²) in [5.41, 5.74) is 12.1. The molecule has 0 radical (unpaired) electrons. The number of fused-ring (bicyclic) bond motifs is 1. The summed E-state index contributed by atoms with van der Waals surface area (Å²) in [5, 5.41) is 10.1. The normalized spacial score (nSPS) is 26.7. The van der Waals surface area contributed by atoms with Gasteiger partial charge in [0, 0.05) is 13.5 Å². The van der Waals surface area contributed by atoms with E-state index in [1.54, 1.807) is 4.57 Å². The van der Waals surface area contributed by atoms with Gasteiger partial charge in [-0.1, -0.05) is 0 Å². The zero-order valence-corrected chi connectivity index (χ0v) is 13.5. The van der Waals surface area contributed by atoms with Gasteiger partial charge in [0.05, 0.1) is 19.0 Å². The lowest BCUT2D eigenvalue weighted by molar-refractivity contribution is -0.0431. The second-order valence-corrected chi connectivity index (χ2v) is 6.73. The number of phosphoric ester groups is 1. The average molecular weight is 360 g/mol. The second-order valence-electron chi connectivity index (χ2n) is 5.17. The number of aromatic nitrogens is 4. The molecule has 2 aromatic rings. The molecule has 3 rings (SSSR count). The summed E-state index contributed by atoms with van der Waals surface area (Å²) in [7, 11) is -3.11. The third kappa shape index (κ3) is 3.20. The minimum absolute atomic E-state index is 0.0125. The van der Waals surface area contributed by atoms with Crippen LogP contribution in [0.1, 0.15) is 12.6 Å². The maximum absolute atomic E-state index is 11.3. The van der Waals surface area contributed by atoms with Crippen molar-refractivity contribution in [2.45, 2.75) is 24.9 Å². The predicted octanol–water partition coefficient (Wildman–Crippen LogP) is -0.598. The molecule has 4 atom stereocenters. The Bertz CT molecular complexity index is 799. The summed E-state index contributed by atoms with van der Waals surface area (Å²) in [6, 6.07) is 0. The first-order valence-corrected chi connectivity index (χ1v) is 8.42. The third-order valence-corrected chi connectivity index (χ3v) is 4.55. The summed E-state index contributed by atoms with van der Waals surface area (Å²) in [5.74, 6) is 0.123. The molecule has 1 aliphatic rings. The molecule has 13 heteroatoms. The number of nitrogens with two attached hydrogens (primary N) is 2. The SMILES string of the molecule is COP(=O)(O)OC[C@H]1O[C@@H](n2cnc3c(N)nc(N)nc32)C[C@H]1O. The maximum atomic E-state index is 11.3. The molecular formula is C11H17N6O6P. The Hall–Kier alpha value is -1.82. The van der Waals surface area contributed by atoms with Gasteiger partial charge in [0.2, 0.25) is 5.95 Å². The highest BCUT2D eigenvalue weighted by atomic mass is 31.2. The van der Waals surface area contributed by atoms with Crippen LogP contribution in [0.25, 0.3) is 11.2 Å². The zero-order valence-electron chi connectivity index (χ0n) is 12.6. The summed E-state index contributed by atoms with van der Waals surface area (Å²) >= 11 is 0. The minimum Gasteiger partial charge on any atom is -0.390 e. The van der Waals surface area contributed by atoms with E-state index in [1.165, 1.54) is 6.33 Å². The van der Waals surface area contributed by atoms with Gasteiger partial charge in [0.15, 0.2) is 11.5 Å². The van der Waals surface area contributed by atoms with Gasteiger partial charge in [-0.15, -0.1) is 0 Å². The van der Waals surface area contributed by atoms with Crippen LogP contribution in [-0.2, 0) is 18.3 Å². The van der Waals surface area contributed by atoms with E-state index in [0.717, 1.165) is 7.11 Å². The number of hydrogen-bond donors (Lipinski definition) is 4. The number of ether oxygens (including phenoxy) is 1. The van der Waals surface area contributed by atoms with Crippen LogP contribution in [0.5, 0.6) is 0 Å². The number of rotatable bonds is 5. The Morgan fingerprint density at radius 3 is 2.96 bits per heavy atom. The number of anilines is 2. The zero-order chi connectivity index (χ0) is 17.5. The van der Waals surface area contributed by atoms with Gasteiger partial charge in [-0.2, -0.15) is 9.97 Å². The Labute approximate surface area is 136 Å². The van der Waals surface area contributed by atoms with Gasteiger partial charge in [0.25, 0.3) is 0 Å². The largest absolute Gasteiger partial charge is 0.472 e. The van der Waals surface area contributed by atoms with Crippen molar-refractivity contribution in [2.24, 2.45) is 0 Å². The van der Waals surface area contributed by atoms with Crippen molar-refractivity contribution >= 4 is 30.8 Å². The monoisotopic (exact) mass is 360 g/mol. The van der Waals surface area contributed by atoms with Crippen LogP contribution in [0.4, 0.5) is 11.8 Å². The number of hydrogen-bond acceptors (Lipinski definition) is 10. The molecule has 3 heterocycles. The Morgan fingerprint density at radius 1 is 1.50 bits per heavy atom. The highest BCUT2D eigenvalue weighted by molar-refractivity contribution is 7.47. The van der Waals surface area contributed by atoms with Crippen LogP contribution in [0.15, 0.2) is 6.33 Å². The number of nitrogen functional groups attached to an aromatic ring is 2. The number of aliphatic hydroxyl groups is 1. The van der Waals surface area contributed by atoms with E-state index in [-0.39, 0.29) is 24.8 Å². The van der Waals surface area contributed by atoms with Crippen LogP contribution in [0.3, 0.4) is 0 Å². The van der Waals surface area contributed by atoms with E-state index in [4.69, 9.17) is 20.7 Å².